The lowest BCUT2D eigenvalue weighted by atomic mass is 10.1. The quantitative estimate of drug-likeness (QED) is 0.815. The van der Waals surface area contributed by atoms with E-state index < -0.39 is 16.0 Å². The van der Waals surface area contributed by atoms with Gasteiger partial charge < -0.3 is 14.9 Å². The highest BCUT2D eigenvalue weighted by atomic mass is 32.2. The van der Waals surface area contributed by atoms with E-state index in [-0.39, 0.29) is 10.5 Å². The fourth-order valence-corrected chi connectivity index (χ4v) is 4.25. The van der Waals surface area contributed by atoms with Crippen LogP contribution in [-0.4, -0.2) is 39.6 Å². The van der Waals surface area contributed by atoms with Gasteiger partial charge in [-0.25, -0.2) is 18.4 Å². The third-order valence-electron chi connectivity index (χ3n) is 4.85. The molecule has 1 aliphatic rings. The molecule has 0 amide bonds. The number of nitrogens with zero attached hydrogens (tertiary/aromatic N) is 2. The Labute approximate surface area is 159 Å². The Morgan fingerprint density at radius 2 is 1.93 bits per heavy atom. The zero-order valence-electron chi connectivity index (χ0n) is 15.3. The molecule has 0 aromatic heterocycles. The normalized spacial score (nSPS) is 17.1. The van der Waals surface area contributed by atoms with Gasteiger partial charge in [0.25, 0.3) is 0 Å². The lowest BCUT2D eigenvalue weighted by Crippen LogP contribution is -2.26. The van der Waals surface area contributed by atoms with Gasteiger partial charge in [0.15, 0.2) is 0 Å². The Balaban J connectivity index is 2.28. The number of para-hydroxylation sites is 1. The molecule has 3 N–H and O–H groups in total. The highest BCUT2D eigenvalue weighted by Gasteiger charge is 2.29. The Hall–Kier alpha value is -2.58. The highest BCUT2D eigenvalue weighted by molar-refractivity contribution is 7.89. The zero-order chi connectivity index (χ0) is 19.8. The predicted molar refractivity (Wildman–Crippen MR) is 105 cm³/mol. The van der Waals surface area contributed by atoms with Gasteiger partial charge in [0.2, 0.25) is 10.0 Å². The molecule has 1 atom stereocenters. The van der Waals surface area contributed by atoms with Gasteiger partial charge in [0.05, 0.1) is 16.9 Å². The highest BCUT2D eigenvalue weighted by Crippen LogP contribution is 2.41. The molecule has 0 spiro atoms. The standard InChI is InChI=1S/C19H23N3O4S/c1-13-8-9-22(12-13)16-10-14(19(23)24)11-17(27(20,25)26)18(16)21(2)15-6-4-3-5-7-15/h3-7,10-11,13H,8-9,12H2,1-2H3,(H,23,24)(H2,20,25,26). The summed E-state index contributed by atoms with van der Waals surface area (Å²) in [5.74, 6) is -0.756. The Kier molecular flexibility index (Phi) is 5.12. The summed E-state index contributed by atoms with van der Waals surface area (Å²) in [5.41, 5.74) is 1.63. The number of carbonyl (C=O) groups is 1. The van der Waals surface area contributed by atoms with Crippen molar-refractivity contribution in [3.05, 3.63) is 48.0 Å². The van der Waals surface area contributed by atoms with Crippen molar-refractivity contribution < 1.29 is 18.3 Å². The molecule has 144 valence electrons. The third-order valence-corrected chi connectivity index (χ3v) is 5.78. The lowest BCUT2D eigenvalue weighted by Gasteiger charge is -2.30. The number of nitrogens with two attached hydrogens (primary N) is 1. The maximum atomic E-state index is 12.3. The molecule has 0 radical (unpaired) electrons. The van der Waals surface area contributed by atoms with Gasteiger partial charge in [0, 0.05) is 25.8 Å². The van der Waals surface area contributed by atoms with E-state index in [2.05, 4.69) is 6.92 Å². The van der Waals surface area contributed by atoms with E-state index in [0.29, 0.717) is 17.3 Å². The smallest absolute Gasteiger partial charge is 0.335 e. The van der Waals surface area contributed by atoms with Crippen molar-refractivity contribution in [2.75, 3.05) is 29.9 Å². The molecule has 2 aromatic carbocycles. The average Bonchev–Trinajstić information content (AvgIpc) is 3.06. The van der Waals surface area contributed by atoms with Crippen LogP contribution < -0.4 is 14.9 Å². The van der Waals surface area contributed by atoms with E-state index in [1.165, 1.54) is 6.07 Å². The Bertz CT molecular complexity index is 960. The van der Waals surface area contributed by atoms with Crippen molar-refractivity contribution in [1.82, 2.24) is 0 Å². The van der Waals surface area contributed by atoms with Gasteiger partial charge in [-0.15, -0.1) is 0 Å². The first-order valence-corrected chi connectivity index (χ1v) is 10.2. The molecule has 1 unspecified atom stereocenters. The minimum Gasteiger partial charge on any atom is -0.478 e. The van der Waals surface area contributed by atoms with E-state index >= 15 is 0 Å². The van der Waals surface area contributed by atoms with Crippen molar-refractivity contribution in [2.24, 2.45) is 11.1 Å². The number of anilines is 3. The van der Waals surface area contributed by atoms with Crippen molar-refractivity contribution in [1.29, 1.82) is 0 Å². The van der Waals surface area contributed by atoms with Gasteiger partial charge in [-0.1, -0.05) is 25.1 Å². The monoisotopic (exact) mass is 389 g/mol. The van der Waals surface area contributed by atoms with Crippen LogP contribution in [0.3, 0.4) is 0 Å². The maximum absolute atomic E-state index is 12.3. The number of aromatic carboxylic acids is 1. The molecule has 7 nitrogen and oxygen atoms in total. The number of hydrogen-bond donors (Lipinski definition) is 2. The lowest BCUT2D eigenvalue weighted by molar-refractivity contribution is 0.0696. The van der Waals surface area contributed by atoms with Gasteiger partial charge in [-0.3, -0.25) is 0 Å². The molecule has 0 aliphatic carbocycles. The van der Waals surface area contributed by atoms with E-state index in [9.17, 15) is 18.3 Å². The first kappa shape index (κ1) is 19.2. The van der Waals surface area contributed by atoms with Crippen LogP contribution in [0.25, 0.3) is 0 Å². The number of primary sulfonamides is 1. The van der Waals surface area contributed by atoms with E-state index in [1.54, 1.807) is 11.9 Å². The first-order valence-electron chi connectivity index (χ1n) is 8.66. The number of carboxylic acids is 1. The zero-order valence-corrected chi connectivity index (χ0v) is 16.1. The first-order chi connectivity index (χ1) is 12.7. The maximum Gasteiger partial charge on any atom is 0.335 e. The van der Waals surface area contributed by atoms with Gasteiger partial charge >= 0.3 is 5.97 Å². The molecule has 27 heavy (non-hydrogen) atoms. The number of sulfonamides is 1. The van der Waals surface area contributed by atoms with Gasteiger partial charge in [0.1, 0.15) is 4.90 Å². The topological polar surface area (TPSA) is 104 Å². The van der Waals surface area contributed by atoms with Crippen LogP contribution in [0.1, 0.15) is 23.7 Å². The van der Waals surface area contributed by atoms with Crippen molar-refractivity contribution in [2.45, 2.75) is 18.2 Å². The number of hydrogen-bond acceptors (Lipinski definition) is 5. The summed E-state index contributed by atoms with van der Waals surface area (Å²) >= 11 is 0. The number of rotatable bonds is 5. The summed E-state index contributed by atoms with van der Waals surface area (Å²) < 4.78 is 24.7. The van der Waals surface area contributed by atoms with Crippen LogP contribution in [-0.2, 0) is 10.0 Å². The van der Waals surface area contributed by atoms with Crippen molar-refractivity contribution in [3.8, 4) is 0 Å². The van der Waals surface area contributed by atoms with Crippen LogP contribution in [0.15, 0.2) is 47.4 Å². The Morgan fingerprint density at radius 3 is 2.44 bits per heavy atom. The van der Waals surface area contributed by atoms with E-state index in [4.69, 9.17) is 5.14 Å². The van der Waals surface area contributed by atoms with Gasteiger partial charge in [-0.2, -0.15) is 0 Å². The predicted octanol–water partition coefficient (Wildman–Crippen LogP) is 2.65. The SMILES string of the molecule is CC1CCN(c2cc(C(=O)O)cc(S(N)(=O)=O)c2N(C)c2ccccc2)C1. The summed E-state index contributed by atoms with van der Waals surface area (Å²) in [4.78, 5) is 15.2. The summed E-state index contributed by atoms with van der Waals surface area (Å²) in [6.45, 7) is 3.56. The Morgan fingerprint density at radius 1 is 1.26 bits per heavy atom. The van der Waals surface area contributed by atoms with Crippen LogP contribution in [0, 0.1) is 5.92 Å². The summed E-state index contributed by atoms with van der Waals surface area (Å²) in [6.07, 6.45) is 0.955. The van der Waals surface area contributed by atoms with E-state index in [1.807, 2.05) is 35.2 Å². The molecular formula is C19H23N3O4S. The molecule has 8 heteroatoms. The molecule has 3 rings (SSSR count). The van der Waals surface area contributed by atoms with Crippen molar-refractivity contribution in [3.63, 3.8) is 0 Å². The molecule has 1 aliphatic heterocycles. The molecular weight excluding hydrogens is 366 g/mol. The molecule has 0 bridgehead atoms. The van der Waals surface area contributed by atoms with Crippen LogP contribution >= 0.6 is 0 Å². The molecule has 1 fully saturated rings. The number of carboxylic acid groups (broad SMARTS) is 1. The molecule has 2 aromatic rings. The van der Waals surface area contributed by atoms with Crippen LogP contribution in [0.5, 0.6) is 0 Å². The van der Waals surface area contributed by atoms with E-state index in [0.717, 1.165) is 31.3 Å². The average molecular weight is 389 g/mol. The minimum atomic E-state index is -4.14. The third kappa shape index (κ3) is 3.91. The van der Waals surface area contributed by atoms with Crippen molar-refractivity contribution >= 4 is 33.1 Å². The fourth-order valence-electron chi connectivity index (χ4n) is 3.45. The number of benzene rings is 2. The second kappa shape index (κ2) is 7.21. The van der Waals surface area contributed by atoms with Crippen LogP contribution in [0.2, 0.25) is 0 Å². The second-order valence-corrected chi connectivity index (χ2v) is 8.46. The largest absolute Gasteiger partial charge is 0.478 e. The van der Waals surface area contributed by atoms with Crippen LogP contribution in [0.4, 0.5) is 17.1 Å². The molecule has 1 heterocycles. The summed E-state index contributed by atoms with van der Waals surface area (Å²) in [5, 5.41) is 14.9. The summed E-state index contributed by atoms with van der Waals surface area (Å²) in [6, 6.07) is 12.0. The fraction of sp³-hybridized carbons (Fsp3) is 0.316. The minimum absolute atomic E-state index is 0.0983. The second-order valence-electron chi connectivity index (χ2n) is 6.93. The molecule has 0 saturated carbocycles. The molecule has 1 saturated heterocycles. The van der Waals surface area contributed by atoms with Gasteiger partial charge in [-0.05, 0) is 36.6 Å². The summed E-state index contributed by atoms with van der Waals surface area (Å²) in [7, 11) is -2.39.